The Balaban J connectivity index is 2.11. The maximum Gasteiger partial charge on any atom is 0.220 e. The van der Waals surface area contributed by atoms with Crippen molar-refractivity contribution in [3.63, 3.8) is 0 Å². The Kier molecular flexibility index (Phi) is 2.65. The van der Waals surface area contributed by atoms with Crippen LogP contribution in [0.15, 0.2) is 24.3 Å². The first-order valence-electron chi connectivity index (χ1n) is 4.77. The molecule has 0 saturated carbocycles. The van der Waals surface area contributed by atoms with Crippen LogP contribution in [0, 0.1) is 0 Å². The Morgan fingerprint density at radius 2 is 1.87 bits per heavy atom. The second kappa shape index (κ2) is 3.81. The van der Waals surface area contributed by atoms with Crippen molar-refractivity contribution in [1.82, 2.24) is 0 Å². The molecule has 4 nitrogen and oxygen atoms in total. The first-order valence-corrected chi connectivity index (χ1v) is 4.77. The van der Waals surface area contributed by atoms with E-state index in [0.717, 1.165) is 11.3 Å². The number of methoxy groups -OCH3 is 1. The van der Waals surface area contributed by atoms with E-state index in [2.05, 4.69) is 0 Å². The van der Waals surface area contributed by atoms with Crippen LogP contribution in [0.3, 0.4) is 0 Å². The van der Waals surface area contributed by atoms with Crippen molar-refractivity contribution in [2.24, 2.45) is 0 Å². The Hall–Kier alpha value is -1.10. The Labute approximate surface area is 88.6 Å². The molecule has 1 heterocycles. The van der Waals surface area contributed by atoms with E-state index in [-0.39, 0.29) is 0 Å². The average molecular weight is 210 g/mol. The fraction of sp³-hybridized carbons (Fsp3) is 0.455. The monoisotopic (exact) mass is 210 g/mol. The predicted octanol–water partition coefficient (Wildman–Crippen LogP) is 2.41. The second-order valence-electron chi connectivity index (χ2n) is 3.80. The van der Waals surface area contributed by atoms with Crippen LogP contribution in [0.5, 0.6) is 5.75 Å². The van der Waals surface area contributed by atoms with Gasteiger partial charge >= 0.3 is 0 Å². The van der Waals surface area contributed by atoms with E-state index in [1.807, 2.05) is 24.3 Å². The first kappa shape index (κ1) is 10.4. The lowest BCUT2D eigenvalue weighted by atomic mass is 10.2. The van der Waals surface area contributed by atoms with Gasteiger partial charge < -0.3 is 9.47 Å². The maximum absolute atomic E-state index is 5.52. The van der Waals surface area contributed by atoms with Crippen LogP contribution in [0.4, 0.5) is 0 Å². The van der Waals surface area contributed by atoms with Gasteiger partial charge in [-0.25, -0.2) is 0 Å². The minimum absolute atomic E-state index is 0.467. The van der Waals surface area contributed by atoms with Crippen LogP contribution in [-0.2, 0) is 14.5 Å². The summed E-state index contributed by atoms with van der Waals surface area (Å²) in [4.78, 5) is 10.1. The summed E-state index contributed by atoms with van der Waals surface area (Å²) in [5, 5.41) is 0. The van der Waals surface area contributed by atoms with E-state index < -0.39 is 12.1 Å². The quantitative estimate of drug-likeness (QED) is 0.702. The fourth-order valence-corrected chi connectivity index (χ4v) is 1.34. The molecule has 0 amide bonds. The van der Waals surface area contributed by atoms with Crippen molar-refractivity contribution in [2.75, 3.05) is 7.11 Å². The lowest BCUT2D eigenvalue weighted by molar-refractivity contribution is -0.322. The number of rotatable bonds is 2. The van der Waals surface area contributed by atoms with Crippen LogP contribution in [0.1, 0.15) is 25.7 Å². The van der Waals surface area contributed by atoms with Gasteiger partial charge in [-0.1, -0.05) is 12.1 Å². The van der Waals surface area contributed by atoms with Crippen molar-refractivity contribution in [1.29, 1.82) is 0 Å². The van der Waals surface area contributed by atoms with E-state index in [9.17, 15) is 0 Å². The minimum Gasteiger partial charge on any atom is -0.497 e. The molecular weight excluding hydrogens is 196 g/mol. The van der Waals surface area contributed by atoms with E-state index in [0.29, 0.717) is 0 Å². The van der Waals surface area contributed by atoms with Crippen molar-refractivity contribution in [3.8, 4) is 5.75 Å². The van der Waals surface area contributed by atoms with Gasteiger partial charge in [-0.05, 0) is 26.0 Å². The van der Waals surface area contributed by atoms with Crippen LogP contribution in [0.25, 0.3) is 0 Å². The molecule has 82 valence electrons. The maximum atomic E-state index is 5.52. The van der Waals surface area contributed by atoms with Gasteiger partial charge in [-0.2, -0.15) is 9.78 Å². The third-order valence-corrected chi connectivity index (χ3v) is 2.12. The molecule has 1 unspecified atom stereocenters. The third kappa shape index (κ3) is 2.28. The van der Waals surface area contributed by atoms with E-state index in [1.54, 1.807) is 21.0 Å². The molecule has 0 bridgehead atoms. The number of hydrogen-bond donors (Lipinski definition) is 0. The molecule has 1 saturated heterocycles. The highest BCUT2D eigenvalue weighted by molar-refractivity contribution is 5.27. The molecule has 0 spiro atoms. The Morgan fingerprint density at radius 1 is 1.20 bits per heavy atom. The van der Waals surface area contributed by atoms with Gasteiger partial charge in [0.15, 0.2) is 5.79 Å². The summed E-state index contributed by atoms with van der Waals surface area (Å²) in [5.74, 6) is 0.113. The highest BCUT2D eigenvalue weighted by atomic mass is 17.3. The zero-order chi connectivity index (χ0) is 10.9. The van der Waals surface area contributed by atoms with Crippen molar-refractivity contribution < 1.29 is 19.2 Å². The fourth-order valence-electron chi connectivity index (χ4n) is 1.34. The van der Waals surface area contributed by atoms with Crippen LogP contribution < -0.4 is 4.74 Å². The van der Waals surface area contributed by atoms with E-state index in [4.69, 9.17) is 19.2 Å². The molecule has 1 aliphatic heterocycles. The molecule has 1 aromatic carbocycles. The predicted molar refractivity (Wildman–Crippen MR) is 53.1 cm³/mol. The lowest BCUT2D eigenvalue weighted by Gasteiger charge is -2.12. The number of ether oxygens (including phenoxy) is 2. The molecule has 0 aromatic heterocycles. The zero-order valence-corrected chi connectivity index (χ0v) is 9.02. The van der Waals surface area contributed by atoms with Crippen molar-refractivity contribution in [2.45, 2.75) is 25.9 Å². The van der Waals surface area contributed by atoms with Gasteiger partial charge in [0.05, 0.1) is 7.11 Å². The molecule has 1 fully saturated rings. The van der Waals surface area contributed by atoms with Crippen molar-refractivity contribution in [3.05, 3.63) is 29.8 Å². The van der Waals surface area contributed by atoms with Gasteiger partial charge in [-0.3, -0.25) is 0 Å². The van der Waals surface area contributed by atoms with Gasteiger partial charge in [0.1, 0.15) is 5.75 Å². The zero-order valence-electron chi connectivity index (χ0n) is 9.02. The minimum atomic E-state index is -0.690. The Bertz CT molecular complexity index is 331. The third-order valence-electron chi connectivity index (χ3n) is 2.12. The smallest absolute Gasteiger partial charge is 0.220 e. The molecule has 0 aliphatic carbocycles. The summed E-state index contributed by atoms with van der Waals surface area (Å²) in [5.41, 5.74) is 0.904. The second-order valence-corrected chi connectivity index (χ2v) is 3.80. The van der Waals surface area contributed by atoms with Gasteiger partial charge in [-0.15, -0.1) is 0 Å². The van der Waals surface area contributed by atoms with E-state index >= 15 is 0 Å². The number of hydrogen-bond acceptors (Lipinski definition) is 4. The molecule has 1 atom stereocenters. The van der Waals surface area contributed by atoms with Crippen LogP contribution >= 0.6 is 0 Å². The highest BCUT2D eigenvalue weighted by Gasteiger charge is 2.35. The number of benzene rings is 1. The standard InChI is InChI=1S/C11H14O4/c1-11(2)13-10(14-15-11)8-4-6-9(12-3)7-5-8/h4-7,10H,1-3H3. The highest BCUT2D eigenvalue weighted by Crippen LogP contribution is 2.34. The van der Waals surface area contributed by atoms with E-state index in [1.165, 1.54) is 0 Å². The van der Waals surface area contributed by atoms with Crippen LogP contribution in [-0.4, -0.2) is 12.9 Å². The lowest BCUT2D eigenvalue weighted by Crippen LogP contribution is -2.19. The average Bonchev–Trinajstić information content (AvgIpc) is 2.59. The summed E-state index contributed by atoms with van der Waals surface area (Å²) >= 11 is 0. The summed E-state index contributed by atoms with van der Waals surface area (Å²) in [6, 6.07) is 7.48. The van der Waals surface area contributed by atoms with Gasteiger partial charge in [0.2, 0.25) is 6.29 Å². The molecule has 1 aliphatic rings. The molecular formula is C11H14O4. The summed E-state index contributed by atoms with van der Waals surface area (Å²) in [6.07, 6.45) is -0.467. The van der Waals surface area contributed by atoms with Crippen LogP contribution in [0.2, 0.25) is 0 Å². The van der Waals surface area contributed by atoms with Crippen molar-refractivity contribution >= 4 is 0 Å². The molecule has 1 aromatic rings. The molecule has 15 heavy (non-hydrogen) atoms. The topological polar surface area (TPSA) is 36.9 Å². The molecule has 0 radical (unpaired) electrons. The normalized spacial score (nSPS) is 24.1. The van der Waals surface area contributed by atoms with Gasteiger partial charge in [0, 0.05) is 5.56 Å². The Morgan fingerprint density at radius 3 is 2.33 bits per heavy atom. The summed E-state index contributed by atoms with van der Waals surface area (Å²) in [7, 11) is 1.63. The largest absolute Gasteiger partial charge is 0.497 e. The summed E-state index contributed by atoms with van der Waals surface area (Å²) < 4.78 is 10.6. The first-order chi connectivity index (χ1) is 7.11. The van der Waals surface area contributed by atoms with Gasteiger partial charge in [0.25, 0.3) is 0 Å². The molecule has 0 N–H and O–H groups in total. The molecule has 2 rings (SSSR count). The SMILES string of the molecule is COc1ccc(C2OOC(C)(C)O2)cc1. The molecule has 4 heteroatoms. The summed E-state index contributed by atoms with van der Waals surface area (Å²) in [6.45, 7) is 3.60.